The smallest absolute Gasteiger partial charge is 0.0648 e. The highest BCUT2D eigenvalue weighted by Crippen LogP contribution is 2.47. The topological polar surface area (TPSA) is 9.23 Å². The van der Waals surface area contributed by atoms with Gasteiger partial charge in [0.2, 0.25) is 0 Å². The number of rotatable bonds is 7. The first-order valence-electron chi connectivity index (χ1n) is 12.1. The van der Waals surface area contributed by atoms with Gasteiger partial charge in [-0.05, 0) is 98.1 Å². The van der Waals surface area contributed by atoms with Gasteiger partial charge in [-0.1, -0.05) is 50.5 Å². The maximum Gasteiger partial charge on any atom is 0.0648 e. The number of unbranched alkanes of at least 4 members (excludes halogenated alkanes) is 1. The van der Waals surface area contributed by atoms with Crippen molar-refractivity contribution in [3.05, 3.63) is 47.5 Å². The van der Waals surface area contributed by atoms with Crippen LogP contribution in [0.2, 0.25) is 0 Å². The summed E-state index contributed by atoms with van der Waals surface area (Å²) in [5.74, 6) is 3.57. The Hall–Kier alpha value is -1.08. The van der Waals surface area contributed by atoms with Crippen LogP contribution in [0.15, 0.2) is 30.9 Å². The van der Waals surface area contributed by atoms with Crippen LogP contribution in [0.25, 0.3) is 0 Å². The van der Waals surface area contributed by atoms with Gasteiger partial charge < -0.3 is 4.74 Å². The first-order chi connectivity index (χ1) is 13.8. The lowest BCUT2D eigenvalue weighted by atomic mass is 9.65. The lowest BCUT2D eigenvalue weighted by molar-refractivity contribution is -0.00310. The minimum Gasteiger partial charge on any atom is -0.374 e. The van der Waals surface area contributed by atoms with E-state index in [0.29, 0.717) is 6.10 Å². The summed E-state index contributed by atoms with van der Waals surface area (Å²) in [6.07, 6.45) is 18.7. The molecule has 0 amide bonds. The summed E-state index contributed by atoms with van der Waals surface area (Å²) >= 11 is 0. The molecular weight excluding hydrogens is 340 g/mol. The highest BCUT2D eigenvalue weighted by Gasteiger charge is 2.36. The van der Waals surface area contributed by atoms with Crippen molar-refractivity contribution < 1.29 is 4.74 Å². The largest absolute Gasteiger partial charge is 0.374 e. The van der Waals surface area contributed by atoms with Gasteiger partial charge in [0.05, 0.1) is 12.7 Å². The van der Waals surface area contributed by atoms with Crippen LogP contribution in [0.1, 0.15) is 93.7 Å². The van der Waals surface area contributed by atoms with Crippen LogP contribution in [0.3, 0.4) is 0 Å². The van der Waals surface area contributed by atoms with Crippen LogP contribution in [-0.4, -0.2) is 12.7 Å². The molecule has 3 aliphatic rings. The Kier molecular flexibility index (Phi) is 6.94. The van der Waals surface area contributed by atoms with Crippen molar-refractivity contribution in [2.45, 2.75) is 96.0 Å². The van der Waals surface area contributed by atoms with Gasteiger partial charge >= 0.3 is 0 Å². The first kappa shape index (κ1) is 20.2. The molecule has 0 saturated heterocycles. The van der Waals surface area contributed by atoms with Gasteiger partial charge in [0, 0.05) is 0 Å². The molecule has 1 aromatic rings. The zero-order valence-electron chi connectivity index (χ0n) is 18.0. The van der Waals surface area contributed by atoms with Crippen LogP contribution in [-0.2, 0) is 17.6 Å². The third kappa shape index (κ3) is 4.73. The van der Waals surface area contributed by atoms with Crippen LogP contribution in [0.5, 0.6) is 0 Å². The van der Waals surface area contributed by atoms with Crippen LogP contribution >= 0.6 is 0 Å². The fourth-order valence-corrected chi connectivity index (χ4v) is 6.35. The van der Waals surface area contributed by atoms with E-state index in [9.17, 15) is 0 Å². The molecule has 0 radical (unpaired) electrons. The average Bonchev–Trinajstić information content (AvgIpc) is 2.75. The Labute approximate surface area is 173 Å². The Morgan fingerprint density at radius 1 is 1.04 bits per heavy atom. The van der Waals surface area contributed by atoms with Crippen molar-refractivity contribution in [2.75, 3.05) is 6.61 Å². The fraction of sp³-hybridized carbons (Fsp3) is 0.704. The summed E-state index contributed by atoms with van der Waals surface area (Å²) in [4.78, 5) is 0. The molecule has 2 fully saturated rings. The van der Waals surface area contributed by atoms with Crippen molar-refractivity contribution in [1.29, 1.82) is 0 Å². The summed E-state index contributed by atoms with van der Waals surface area (Å²) in [6, 6.07) is 7.59. The molecule has 3 aliphatic carbocycles. The van der Waals surface area contributed by atoms with Gasteiger partial charge in [0.25, 0.3) is 0 Å². The summed E-state index contributed by atoms with van der Waals surface area (Å²) in [5.41, 5.74) is 4.98. The second-order valence-corrected chi connectivity index (χ2v) is 9.87. The molecular formula is C27H40O. The second kappa shape index (κ2) is 9.61. The molecule has 5 unspecified atom stereocenters. The summed E-state index contributed by atoms with van der Waals surface area (Å²) in [7, 11) is 0. The maximum absolute atomic E-state index is 5.97. The van der Waals surface area contributed by atoms with Crippen molar-refractivity contribution in [3.63, 3.8) is 0 Å². The molecule has 2 saturated carbocycles. The van der Waals surface area contributed by atoms with Crippen molar-refractivity contribution in [3.8, 4) is 0 Å². The Balaban J connectivity index is 1.34. The number of ether oxygens (including phenoxy) is 1. The standard InChI is InChI=1S/C27H40O/c1-3-5-6-20-7-8-22-17-23(10-9-21(22)16-20)24-11-12-26-19-27(28-15-4-2)14-13-25(26)18-24/h4,9-10,17,20,24-27H,2-3,5-8,11-16,18-19H2,1H3. The van der Waals surface area contributed by atoms with Gasteiger partial charge in [0.15, 0.2) is 0 Å². The molecule has 1 nitrogen and oxygen atoms in total. The van der Waals surface area contributed by atoms with Gasteiger partial charge in [-0.3, -0.25) is 0 Å². The van der Waals surface area contributed by atoms with E-state index in [-0.39, 0.29) is 0 Å². The minimum absolute atomic E-state index is 0.486. The molecule has 28 heavy (non-hydrogen) atoms. The van der Waals surface area contributed by atoms with E-state index >= 15 is 0 Å². The zero-order valence-corrected chi connectivity index (χ0v) is 18.0. The van der Waals surface area contributed by atoms with E-state index < -0.39 is 0 Å². The molecule has 0 spiro atoms. The summed E-state index contributed by atoms with van der Waals surface area (Å²) < 4.78 is 5.97. The van der Waals surface area contributed by atoms with E-state index in [1.165, 1.54) is 77.0 Å². The fourth-order valence-electron chi connectivity index (χ4n) is 6.35. The van der Waals surface area contributed by atoms with Gasteiger partial charge in [-0.25, -0.2) is 0 Å². The number of benzene rings is 1. The molecule has 0 heterocycles. The summed E-state index contributed by atoms with van der Waals surface area (Å²) in [6.45, 7) is 6.83. The molecule has 0 aromatic heterocycles. The average molecular weight is 381 g/mol. The molecule has 0 N–H and O–H groups in total. The highest BCUT2D eigenvalue weighted by atomic mass is 16.5. The van der Waals surface area contributed by atoms with Gasteiger partial charge in [-0.2, -0.15) is 0 Å². The van der Waals surface area contributed by atoms with Crippen molar-refractivity contribution in [1.82, 2.24) is 0 Å². The van der Waals surface area contributed by atoms with E-state index in [1.807, 2.05) is 6.08 Å². The van der Waals surface area contributed by atoms with Crippen molar-refractivity contribution >= 4 is 0 Å². The Bertz CT molecular complexity index is 648. The predicted molar refractivity (Wildman–Crippen MR) is 119 cm³/mol. The third-order valence-electron chi connectivity index (χ3n) is 8.01. The lowest BCUT2D eigenvalue weighted by Crippen LogP contribution is -2.33. The molecule has 0 aliphatic heterocycles. The SMILES string of the molecule is C=CCOC1CCC2CC(c3ccc4c(c3)CCC(CCCC)C4)CCC2C1. The predicted octanol–water partition coefficient (Wildman–Crippen LogP) is 7.24. The number of aryl methyl sites for hydroxylation is 1. The Morgan fingerprint density at radius 3 is 2.75 bits per heavy atom. The molecule has 154 valence electrons. The van der Waals surface area contributed by atoms with Crippen LogP contribution in [0.4, 0.5) is 0 Å². The molecule has 5 atom stereocenters. The molecule has 4 rings (SSSR count). The molecule has 0 bridgehead atoms. The number of hydrogen-bond acceptors (Lipinski definition) is 1. The van der Waals surface area contributed by atoms with E-state index in [2.05, 4.69) is 31.7 Å². The van der Waals surface area contributed by atoms with E-state index in [0.717, 1.165) is 30.3 Å². The third-order valence-corrected chi connectivity index (χ3v) is 8.01. The van der Waals surface area contributed by atoms with Gasteiger partial charge in [-0.15, -0.1) is 6.58 Å². The maximum atomic E-state index is 5.97. The normalized spacial score (nSPS) is 32.4. The Morgan fingerprint density at radius 2 is 1.89 bits per heavy atom. The second-order valence-electron chi connectivity index (χ2n) is 9.87. The lowest BCUT2D eigenvalue weighted by Gasteiger charge is -2.42. The molecule has 1 heteroatoms. The molecule has 1 aromatic carbocycles. The zero-order chi connectivity index (χ0) is 19.3. The quantitative estimate of drug-likeness (QED) is 0.453. The summed E-state index contributed by atoms with van der Waals surface area (Å²) in [5, 5.41) is 0. The van der Waals surface area contributed by atoms with Crippen LogP contribution in [0, 0.1) is 17.8 Å². The van der Waals surface area contributed by atoms with Crippen LogP contribution < -0.4 is 0 Å². The van der Waals surface area contributed by atoms with Gasteiger partial charge in [0.1, 0.15) is 0 Å². The number of hydrogen-bond donors (Lipinski definition) is 0. The van der Waals surface area contributed by atoms with E-state index in [4.69, 9.17) is 4.74 Å². The van der Waals surface area contributed by atoms with Crippen molar-refractivity contribution in [2.24, 2.45) is 17.8 Å². The highest BCUT2D eigenvalue weighted by molar-refractivity contribution is 5.36. The minimum atomic E-state index is 0.486. The van der Waals surface area contributed by atoms with E-state index in [1.54, 1.807) is 16.7 Å². The number of fused-ring (bicyclic) bond motifs is 2. The monoisotopic (exact) mass is 380 g/mol. The first-order valence-corrected chi connectivity index (χ1v) is 12.1.